The fourth-order valence-corrected chi connectivity index (χ4v) is 3.16. The highest BCUT2D eigenvalue weighted by Gasteiger charge is 2.15. The molecule has 0 atom stereocenters. The highest BCUT2D eigenvalue weighted by atomic mass is 19.1. The number of carbonyl (C=O) groups excluding carboxylic acids is 2. The topological polar surface area (TPSA) is 73.2 Å². The fourth-order valence-electron chi connectivity index (χ4n) is 3.16. The van der Waals surface area contributed by atoms with Gasteiger partial charge in [0.05, 0.1) is 24.2 Å². The standard InChI is InChI=1S/C22H21F2N3O3/c1-13-18(9-11-21(28)30-3)14(2)27(26-13)17-7-4-15(5-8-17)22(29)25-20-10-6-16(23)12-19(20)24/h4-8,10,12H,9,11H2,1-3H3,(H,25,29). The van der Waals surface area contributed by atoms with Crippen LogP contribution in [0.15, 0.2) is 42.5 Å². The van der Waals surface area contributed by atoms with Crippen molar-refractivity contribution < 1.29 is 23.1 Å². The molecule has 156 valence electrons. The second-order valence-corrected chi connectivity index (χ2v) is 6.76. The predicted octanol–water partition coefficient (Wildman–Crippen LogP) is 4.13. The van der Waals surface area contributed by atoms with Gasteiger partial charge in [0, 0.05) is 23.7 Å². The maximum atomic E-state index is 13.7. The van der Waals surface area contributed by atoms with Crippen molar-refractivity contribution in [1.82, 2.24) is 9.78 Å². The van der Waals surface area contributed by atoms with E-state index in [1.807, 2.05) is 13.8 Å². The Morgan fingerprint density at radius 3 is 2.43 bits per heavy atom. The molecule has 0 aliphatic heterocycles. The molecule has 1 amide bonds. The van der Waals surface area contributed by atoms with Gasteiger partial charge in [0.1, 0.15) is 11.6 Å². The SMILES string of the molecule is COC(=O)CCc1c(C)nn(-c2ccc(C(=O)Nc3ccc(F)cc3F)cc2)c1C. The third-order valence-electron chi connectivity index (χ3n) is 4.80. The third kappa shape index (κ3) is 4.53. The molecule has 0 bridgehead atoms. The summed E-state index contributed by atoms with van der Waals surface area (Å²) in [6.45, 7) is 3.78. The number of halogens is 2. The molecule has 0 radical (unpaired) electrons. The van der Waals surface area contributed by atoms with Crippen molar-refractivity contribution in [2.75, 3.05) is 12.4 Å². The molecule has 1 aromatic heterocycles. The monoisotopic (exact) mass is 413 g/mol. The molecule has 2 aromatic carbocycles. The Morgan fingerprint density at radius 1 is 1.10 bits per heavy atom. The summed E-state index contributed by atoms with van der Waals surface area (Å²) in [6.07, 6.45) is 0.789. The van der Waals surface area contributed by atoms with Gasteiger partial charge in [0.15, 0.2) is 0 Å². The van der Waals surface area contributed by atoms with E-state index < -0.39 is 17.5 Å². The van der Waals surface area contributed by atoms with Crippen molar-refractivity contribution in [3.05, 3.63) is 76.6 Å². The van der Waals surface area contributed by atoms with Crippen LogP contribution in [0.3, 0.4) is 0 Å². The van der Waals surface area contributed by atoms with Crippen LogP contribution in [0, 0.1) is 25.5 Å². The molecule has 0 aliphatic carbocycles. The van der Waals surface area contributed by atoms with Gasteiger partial charge >= 0.3 is 5.97 Å². The number of carbonyl (C=O) groups is 2. The zero-order chi connectivity index (χ0) is 21.8. The Balaban J connectivity index is 1.77. The summed E-state index contributed by atoms with van der Waals surface area (Å²) in [5.74, 6) is -2.36. The van der Waals surface area contributed by atoms with E-state index in [-0.39, 0.29) is 18.1 Å². The number of anilines is 1. The number of hydrogen-bond acceptors (Lipinski definition) is 4. The van der Waals surface area contributed by atoms with Crippen LogP contribution < -0.4 is 5.32 Å². The van der Waals surface area contributed by atoms with Gasteiger partial charge < -0.3 is 10.1 Å². The summed E-state index contributed by atoms with van der Waals surface area (Å²) >= 11 is 0. The molecule has 1 N–H and O–H groups in total. The van der Waals surface area contributed by atoms with Crippen LogP contribution in [-0.4, -0.2) is 28.8 Å². The maximum Gasteiger partial charge on any atom is 0.305 e. The highest BCUT2D eigenvalue weighted by molar-refractivity contribution is 6.04. The van der Waals surface area contributed by atoms with Crippen molar-refractivity contribution in [2.24, 2.45) is 0 Å². The molecule has 30 heavy (non-hydrogen) atoms. The van der Waals surface area contributed by atoms with Gasteiger partial charge in [-0.1, -0.05) is 0 Å². The van der Waals surface area contributed by atoms with E-state index >= 15 is 0 Å². The van der Waals surface area contributed by atoms with Crippen molar-refractivity contribution in [3.63, 3.8) is 0 Å². The highest BCUT2D eigenvalue weighted by Crippen LogP contribution is 2.21. The van der Waals surface area contributed by atoms with E-state index in [2.05, 4.69) is 15.2 Å². The number of ether oxygens (including phenoxy) is 1. The van der Waals surface area contributed by atoms with Gasteiger partial charge in [-0.2, -0.15) is 5.10 Å². The minimum atomic E-state index is -0.845. The smallest absolute Gasteiger partial charge is 0.305 e. The number of nitrogens with one attached hydrogen (secondary N) is 1. The lowest BCUT2D eigenvalue weighted by Crippen LogP contribution is -2.13. The quantitative estimate of drug-likeness (QED) is 0.617. The molecule has 0 unspecified atom stereocenters. The number of aromatic nitrogens is 2. The normalized spacial score (nSPS) is 10.7. The number of methoxy groups -OCH3 is 1. The molecule has 0 saturated heterocycles. The zero-order valence-electron chi connectivity index (χ0n) is 16.8. The summed E-state index contributed by atoms with van der Waals surface area (Å²) < 4.78 is 33.2. The van der Waals surface area contributed by atoms with Crippen molar-refractivity contribution in [1.29, 1.82) is 0 Å². The van der Waals surface area contributed by atoms with Crippen LogP contribution in [0.25, 0.3) is 5.69 Å². The van der Waals surface area contributed by atoms with E-state index in [0.717, 1.165) is 28.7 Å². The van der Waals surface area contributed by atoms with E-state index in [0.29, 0.717) is 18.1 Å². The van der Waals surface area contributed by atoms with Crippen molar-refractivity contribution >= 4 is 17.6 Å². The second-order valence-electron chi connectivity index (χ2n) is 6.76. The molecule has 3 aromatic rings. The van der Waals surface area contributed by atoms with Crippen LogP contribution in [0.2, 0.25) is 0 Å². The number of hydrogen-bond donors (Lipinski definition) is 1. The number of benzene rings is 2. The van der Waals surface area contributed by atoms with Gasteiger partial charge in [-0.15, -0.1) is 0 Å². The van der Waals surface area contributed by atoms with Gasteiger partial charge in [-0.3, -0.25) is 9.59 Å². The van der Waals surface area contributed by atoms with Gasteiger partial charge in [0.2, 0.25) is 0 Å². The number of rotatable bonds is 6. The lowest BCUT2D eigenvalue weighted by atomic mass is 10.1. The first-order valence-corrected chi connectivity index (χ1v) is 9.29. The zero-order valence-corrected chi connectivity index (χ0v) is 16.8. The Kier molecular flexibility index (Phi) is 6.25. The molecule has 0 saturated carbocycles. The fraction of sp³-hybridized carbons (Fsp3) is 0.227. The minimum absolute atomic E-state index is 0.0979. The van der Waals surface area contributed by atoms with E-state index in [4.69, 9.17) is 0 Å². The number of nitrogens with zero attached hydrogens (tertiary/aromatic N) is 2. The maximum absolute atomic E-state index is 13.7. The molecule has 8 heteroatoms. The molecular formula is C22H21F2N3O3. The summed E-state index contributed by atoms with van der Waals surface area (Å²) in [5, 5.41) is 6.95. The number of aryl methyl sites for hydroxylation is 1. The summed E-state index contributed by atoms with van der Waals surface area (Å²) in [5.41, 5.74) is 3.62. The second kappa shape index (κ2) is 8.86. The molecule has 0 aliphatic rings. The van der Waals surface area contributed by atoms with E-state index in [9.17, 15) is 18.4 Å². The summed E-state index contributed by atoms with van der Waals surface area (Å²) in [7, 11) is 1.35. The first kappa shape index (κ1) is 21.2. The van der Waals surface area contributed by atoms with Crippen LogP contribution >= 0.6 is 0 Å². The van der Waals surface area contributed by atoms with E-state index in [1.54, 1.807) is 28.9 Å². The molecular weight excluding hydrogens is 392 g/mol. The first-order valence-electron chi connectivity index (χ1n) is 9.29. The molecule has 0 spiro atoms. The van der Waals surface area contributed by atoms with Crippen LogP contribution in [0.1, 0.15) is 33.7 Å². The van der Waals surface area contributed by atoms with Gasteiger partial charge in [-0.05, 0) is 62.2 Å². The molecule has 3 rings (SSSR count). The Bertz CT molecular complexity index is 1090. The average Bonchev–Trinajstić information content (AvgIpc) is 3.01. The van der Waals surface area contributed by atoms with Crippen molar-refractivity contribution in [3.8, 4) is 5.69 Å². The Morgan fingerprint density at radius 2 is 1.80 bits per heavy atom. The average molecular weight is 413 g/mol. The molecule has 0 fully saturated rings. The predicted molar refractivity (Wildman–Crippen MR) is 108 cm³/mol. The number of esters is 1. The minimum Gasteiger partial charge on any atom is -0.469 e. The van der Waals surface area contributed by atoms with Crippen molar-refractivity contribution in [2.45, 2.75) is 26.7 Å². The molecule has 6 nitrogen and oxygen atoms in total. The third-order valence-corrected chi connectivity index (χ3v) is 4.80. The molecule has 1 heterocycles. The summed E-state index contributed by atoms with van der Waals surface area (Å²) in [4.78, 5) is 23.8. The lowest BCUT2D eigenvalue weighted by Gasteiger charge is -2.09. The van der Waals surface area contributed by atoms with Crippen LogP contribution in [0.4, 0.5) is 14.5 Å². The van der Waals surface area contributed by atoms with Crippen LogP contribution in [0.5, 0.6) is 0 Å². The lowest BCUT2D eigenvalue weighted by molar-refractivity contribution is -0.140. The summed E-state index contributed by atoms with van der Waals surface area (Å²) in [6, 6.07) is 9.58. The number of amides is 1. The largest absolute Gasteiger partial charge is 0.469 e. The van der Waals surface area contributed by atoms with Gasteiger partial charge in [-0.25, -0.2) is 13.5 Å². The van der Waals surface area contributed by atoms with E-state index in [1.165, 1.54) is 13.2 Å². The van der Waals surface area contributed by atoms with Gasteiger partial charge in [0.25, 0.3) is 5.91 Å². The first-order chi connectivity index (χ1) is 14.3. The Hall–Kier alpha value is -3.55. The Labute approximate surface area is 172 Å². The van der Waals surface area contributed by atoms with Crippen LogP contribution in [-0.2, 0) is 16.0 Å².